The molecule has 5 heteroatoms. The molecular formula is C13H14F3NO. The van der Waals surface area contributed by atoms with Crippen LogP contribution in [0.1, 0.15) is 24.8 Å². The van der Waals surface area contributed by atoms with Gasteiger partial charge in [0.2, 0.25) is 0 Å². The summed E-state index contributed by atoms with van der Waals surface area (Å²) in [4.78, 5) is 0. The first-order chi connectivity index (χ1) is 8.50. The number of hydrogen-bond acceptors (Lipinski definition) is 2. The van der Waals surface area contributed by atoms with Crippen LogP contribution < -0.4 is 10.1 Å². The molecule has 1 saturated carbocycles. The fraction of sp³-hybridized carbons (Fsp3) is 0.538. The Bertz CT molecular complexity index is 466. The SMILES string of the molecule is FC(F)(F)c1cccc2c1NCC1(CCC1)CO2. The highest BCUT2D eigenvalue weighted by Crippen LogP contribution is 2.47. The number of rotatable bonds is 0. The van der Waals surface area contributed by atoms with Crippen LogP contribution in [0, 0.1) is 5.41 Å². The van der Waals surface area contributed by atoms with Crippen LogP contribution in [0.5, 0.6) is 5.75 Å². The average molecular weight is 257 g/mol. The molecule has 98 valence electrons. The second-order valence-corrected chi connectivity index (χ2v) is 5.17. The van der Waals surface area contributed by atoms with Crippen LogP contribution in [0.2, 0.25) is 0 Å². The largest absolute Gasteiger partial charge is 0.491 e. The summed E-state index contributed by atoms with van der Waals surface area (Å²) in [6.45, 7) is 1.07. The van der Waals surface area contributed by atoms with E-state index in [0.717, 1.165) is 25.3 Å². The van der Waals surface area contributed by atoms with Crippen molar-refractivity contribution in [3.8, 4) is 5.75 Å². The van der Waals surface area contributed by atoms with Crippen molar-refractivity contribution in [3.63, 3.8) is 0 Å². The minimum atomic E-state index is -4.35. The third kappa shape index (κ3) is 1.82. The zero-order valence-electron chi connectivity index (χ0n) is 9.81. The van der Waals surface area contributed by atoms with Crippen LogP contribution >= 0.6 is 0 Å². The third-order valence-corrected chi connectivity index (χ3v) is 3.92. The molecule has 0 saturated heterocycles. The van der Waals surface area contributed by atoms with Crippen LogP contribution in [0.25, 0.3) is 0 Å². The zero-order chi connectivity index (χ0) is 12.8. The number of nitrogens with one attached hydrogen (secondary N) is 1. The van der Waals surface area contributed by atoms with Gasteiger partial charge >= 0.3 is 6.18 Å². The zero-order valence-corrected chi connectivity index (χ0v) is 9.81. The second kappa shape index (κ2) is 3.80. The number of benzene rings is 1. The van der Waals surface area contributed by atoms with E-state index in [2.05, 4.69) is 5.32 Å². The van der Waals surface area contributed by atoms with Crippen molar-refractivity contribution in [3.05, 3.63) is 23.8 Å². The molecule has 1 fully saturated rings. The Kier molecular flexibility index (Phi) is 2.47. The molecule has 1 heterocycles. The number of fused-ring (bicyclic) bond motifs is 1. The standard InChI is InChI=1S/C13H14F3NO/c14-13(15,16)9-3-1-4-10-11(9)17-7-12(8-18-10)5-2-6-12/h1,3-4,17H,2,5-8H2. The van der Waals surface area contributed by atoms with Gasteiger partial charge in [0.05, 0.1) is 17.9 Å². The molecule has 1 aromatic rings. The van der Waals surface area contributed by atoms with Crippen molar-refractivity contribution in [2.24, 2.45) is 5.41 Å². The molecule has 1 aliphatic carbocycles. The lowest BCUT2D eigenvalue weighted by molar-refractivity contribution is -0.137. The molecule has 0 radical (unpaired) electrons. The number of ether oxygens (including phenoxy) is 1. The Morgan fingerprint density at radius 2 is 2.00 bits per heavy atom. The van der Waals surface area contributed by atoms with Gasteiger partial charge in [0.25, 0.3) is 0 Å². The number of alkyl halides is 3. The number of anilines is 1. The van der Waals surface area contributed by atoms with Gasteiger partial charge in [-0.25, -0.2) is 0 Å². The Balaban J connectivity index is 1.96. The van der Waals surface area contributed by atoms with Crippen molar-refractivity contribution in [1.29, 1.82) is 0 Å². The van der Waals surface area contributed by atoms with Crippen molar-refractivity contribution in [2.75, 3.05) is 18.5 Å². The number of para-hydroxylation sites is 1. The van der Waals surface area contributed by atoms with E-state index in [9.17, 15) is 13.2 Å². The summed E-state index contributed by atoms with van der Waals surface area (Å²) >= 11 is 0. The Labute approximate surface area is 103 Å². The van der Waals surface area contributed by atoms with Crippen LogP contribution in [0.15, 0.2) is 18.2 Å². The third-order valence-electron chi connectivity index (χ3n) is 3.92. The minimum Gasteiger partial charge on any atom is -0.491 e. The molecule has 3 rings (SSSR count). The Morgan fingerprint density at radius 3 is 2.61 bits per heavy atom. The van der Waals surface area contributed by atoms with Gasteiger partial charge in [-0.3, -0.25) is 0 Å². The van der Waals surface area contributed by atoms with Crippen molar-refractivity contribution in [1.82, 2.24) is 0 Å². The molecule has 0 bridgehead atoms. The van der Waals surface area contributed by atoms with Crippen LogP contribution in [-0.2, 0) is 6.18 Å². The highest BCUT2D eigenvalue weighted by molar-refractivity contribution is 5.63. The van der Waals surface area contributed by atoms with E-state index in [-0.39, 0.29) is 11.1 Å². The highest BCUT2D eigenvalue weighted by atomic mass is 19.4. The molecule has 2 nitrogen and oxygen atoms in total. The number of hydrogen-bond donors (Lipinski definition) is 1. The van der Waals surface area contributed by atoms with Gasteiger partial charge in [-0.2, -0.15) is 13.2 Å². The predicted octanol–water partition coefficient (Wildman–Crippen LogP) is 3.68. The van der Waals surface area contributed by atoms with Crippen molar-refractivity contribution < 1.29 is 17.9 Å². The molecule has 0 atom stereocenters. The summed E-state index contributed by atoms with van der Waals surface area (Å²) in [5.41, 5.74) is -0.521. The maximum atomic E-state index is 12.9. The van der Waals surface area contributed by atoms with Crippen LogP contribution in [0.4, 0.5) is 18.9 Å². The smallest absolute Gasteiger partial charge is 0.418 e. The lowest BCUT2D eigenvalue weighted by atomic mass is 9.69. The van der Waals surface area contributed by atoms with E-state index in [1.807, 2.05) is 0 Å². The predicted molar refractivity (Wildman–Crippen MR) is 61.7 cm³/mol. The summed E-state index contributed by atoms with van der Waals surface area (Å²) in [5.74, 6) is 0.314. The van der Waals surface area contributed by atoms with E-state index in [4.69, 9.17) is 4.74 Å². The van der Waals surface area contributed by atoms with Gasteiger partial charge in [0.1, 0.15) is 5.75 Å². The van der Waals surface area contributed by atoms with Gasteiger partial charge in [0.15, 0.2) is 0 Å². The monoisotopic (exact) mass is 257 g/mol. The topological polar surface area (TPSA) is 21.3 Å². The maximum absolute atomic E-state index is 12.9. The molecule has 0 amide bonds. The molecule has 1 aliphatic heterocycles. The average Bonchev–Trinajstić information content (AvgIpc) is 2.46. The Hall–Kier alpha value is -1.39. The second-order valence-electron chi connectivity index (χ2n) is 5.17. The lowest BCUT2D eigenvalue weighted by Gasteiger charge is -2.40. The first kappa shape index (κ1) is 11.7. The summed E-state index contributed by atoms with van der Waals surface area (Å²) in [6.07, 6.45) is -1.17. The first-order valence-corrected chi connectivity index (χ1v) is 6.07. The Morgan fingerprint density at radius 1 is 1.22 bits per heavy atom. The van der Waals surface area contributed by atoms with Crippen LogP contribution in [-0.4, -0.2) is 13.2 Å². The van der Waals surface area contributed by atoms with E-state index in [1.54, 1.807) is 6.07 Å². The van der Waals surface area contributed by atoms with E-state index in [1.165, 1.54) is 6.07 Å². The van der Waals surface area contributed by atoms with Crippen molar-refractivity contribution >= 4 is 5.69 Å². The molecular weight excluding hydrogens is 243 g/mol. The minimum absolute atomic E-state index is 0.0297. The lowest BCUT2D eigenvalue weighted by Crippen LogP contribution is -2.40. The van der Waals surface area contributed by atoms with Gasteiger partial charge in [0, 0.05) is 12.0 Å². The first-order valence-electron chi connectivity index (χ1n) is 6.07. The summed E-state index contributed by atoms with van der Waals surface area (Å²) in [5, 5.41) is 2.95. The van der Waals surface area contributed by atoms with Crippen LogP contribution in [0.3, 0.4) is 0 Å². The normalized spacial score (nSPS) is 21.3. The fourth-order valence-electron chi connectivity index (χ4n) is 2.63. The van der Waals surface area contributed by atoms with Gasteiger partial charge in [-0.1, -0.05) is 12.5 Å². The van der Waals surface area contributed by atoms with E-state index < -0.39 is 11.7 Å². The molecule has 0 aromatic heterocycles. The summed E-state index contributed by atoms with van der Waals surface area (Å²) in [7, 11) is 0. The summed E-state index contributed by atoms with van der Waals surface area (Å²) < 4.78 is 44.3. The fourth-order valence-corrected chi connectivity index (χ4v) is 2.63. The molecule has 1 N–H and O–H groups in total. The highest BCUT2D eigenvalue weighted by Gasteiger charge is 2.42. The van der Waals surface area contributed by atoms with E-state index >= 15 is 0 Å². The molecule has 18 heavy (non-hydrogen) atoms. The van der Waals surface area contributed by atoms with Crippen molar-refractivity contribution in [2.45, 2.75) is 25.4 Å². The molecule has 1 aromatic carbocycles. The van der Waals surface area contributed by atoms with Gasteiger partial charge in [-0.15, -0.1) is 0 Å². The van der Waals surface area contributed by atoms with Gasteiger partial charge in [-0.05, 0) is 25.0 Å². The quantitative estimate of drug-likeness (QED) is 0.765. The summed E-state index contributed by atoms with van der Waals surface area (Å²) in [6, 6.07) is 4.07. The van der Waals surface area contributed by atoms with Gasteiger partial charge < -0.3 is 10.1 Å². The molecule has 1 spiro atoms. The molecule has 2 aliphatic rings. The van der Waals surface area contributed by atoms with E-state index in [0.29, 0.717) is 18.9 Å². The molecule has 0 unspecified atom stereocenters. The maximum Gasteiger partial charge on any atom is 0.418 e. The number of halogens is 3.